The molecule has 104 valence electrons. The van der Waals surface area contributed by atoms with Crippen molar-refractivity contribution in [3.05, 3.63) is 60.1 Å². The molecular weight excluding hydrogens is 272 g/mol. The summed E-state index contributed by atoms with van der Waals surface area (Å²) >= 11 is 0. The van der Waals surface area contributed by atoms with Crippen LogP contribution in [0.15, 0.2) is 53.3 Å². The fourth-order valence-corrected chi connectivity index (χ4v) is 1.95. The number of carboxylic acid groups (broad SMARTS) is 1. The van der Waals surface area contributed by atoms with E-state index in [-0.39, 0.29) is 11.6 Å². The summed E-state index contributed by atoms with van der Waals surface area (Å²) in [6, 6.07) is 10.0. The first-order chi connectivity index (χ1) is 10.1. The van der Waals surface area contributed by atoms with Gasteiger partial charge in [0, 0.05) is 5.39 Å². The van der Waals surface area contributed by atoms with Gasteiger partial charge in [-0.15, -0.1) is 0 Å². The van der Waals surface area contributed by atoms with Gasteiger partial charge < -0.3 is 14.8 Å². The highest BCUT2D eigenvalue weighted by atomic mass is 16.4. The zero-order chi connectivity index (χ0) is 14.8. The van der Waals surface area contributed by atoms with Gasteiger partial charge in [0.2, 0.25) is 0 Å². The Kier molecular flexibility index (Phi) is 3.12. The molecule has 1 aromatic carbocycles. The van der Waals surface area contributed by atoms with Gasteiger partial charge in [-0.2, -0.15) is 0 Å². The number of amides is 1. The molecular formula is C15H10N2O4. The Morgan fingerprint density at radius 2 is 1.95 bits per heavy atom. The van der Waals surface area contributed by atoms with E-state index in [4.69, 9.17) is 9.52 Å². The number of aromatic nitrogens is 1. The van der Waals surface area contributed by atoms with Crippen molar-refractivity contribution >= 4 is 28.5 Å². The summed E-state index contributed by atoms with van der Waals surface area (Å²) in [5.74, 6) is -1.46. The van der Waals surface area contributed by atoms with Crippen molar-refractivity contribution in [2.45, 2.75) is 0 Å². The predicted molar refractivity (Wildman–Crippen MR) is 75.4 cm³/mol. The molecule has 0 bridgehead atoms. The molecule has 6 nitrogen and oxygen atoms in total. The van der Waals surface area contributed by atoms with Crippen LogP contribution in [0.3, 0.4) is 0 Å². The van der Waals surface area contributed by atoms with E-state index in [1.807, 2.05) is 12.1 Å². The van der Waals surface area contributed by atoms with E-state index < -0.39 is 5.97 Å². The molecule has 0 fully saturated rings. The van der Waals surface area contributed by atoms with E-state index in [2.05, 4.69) is 10.3 Å². The van der Waals surface area contributed by atoms with Crippen molar-refractivity contribution in [1.29, 1.82) is 0 Å². The van der Waals surface area contributed by atoms with Gasteiger partial charge in [0.1, 0.15) is 17.5 Å². The number of carbonyl (C=O) groups is 2. The number of benzene rings is 1. The number of pyridine rings is 1. The van der Waals surface area contributed by atoms with Gasteiger partial charge in [-0.3, -0.25) is 4.79 Å². The largest absolute Gasteiger partial charge is 0.477 e. The van der Waals surface area contributed by atoms with Crippen LogP contribution in [0.4, 0.5) is 5.69 Å². The summed E-state index contributed by atoms with van der Waals surface area (Å²) in [6.45, 7) is 0. The number of para-hydroxylation sites is 1. The molecule has 0 spiro atoms. The molecule has 3 rings (SSSR count). The third-order valence-corrected chi connectivity index (χ3v) is 2.97. The van der Waals surface area contributed by atoms with Crippen LogP contribution in [0.25, 0.3) is 11.0 Å². The lowest BCUT2D eigenvalue weighted by Crippen LogP contribution is -2.12. The van der Waals surface area contributed by atoms with Gasteiger partial charge in [-0.25, -0.2) is 9.78 Å². The second-order valence-electron chi connectivity index (χ2n) is 4.34. The summed E-state index contributed by atoms with van der Waals surface area (Å²) in [5, 5.41) is 12.1. The Balaban J connectivity index is 1.84. The predicted octanol–water partition coefficient (Wildman–Crippen LogP) is 2.78. The maximum absolute atomic E-state index is 12.2. The molecule has 1 amide bonds. The van der Waals surface area contributed by atoms with Crippen molar-refractivity contribution in [2.24, 2.45) is 0 Å². The topological polar surface area (TPSA) is 92.4 Å². The third-order valence-electron chi connectivity index (χ3n) is 2.97. The second kappa shape index (κ2) is 5.09. The quantitative estimate of drug-likeness (QED) is 0.770. The number of nitrogens with one attached hydrogen (secondary N) is 1. The van der Waals surface area contributed by atoms with E-state index in [0.29, 0.717) is 22.2 Å². The van der Waals surface area contributed by atoms with E-state index in [0.717, 1.165) is 0 Å². The Hall–Kier alpha value is -3.15. The van der Waals surface area contributed by atoms with Gasteiger partial charge in [-0.05, 0) is 18.2 Å². The SMILES string of the molecule is O=C(O)c1ccc(NC(=O)c2coc3ccccc23)cn1. The lowest BCUT2D eigenvalue weighted by Gasteiger charge is -2.03. The van der Waals surface area contributed by atoms with Crippen molar-refractivity contribution in [2.75, 3.05) is 5.32 Å². The molecule has 3 aromatic rings. The van der Waals surface area contributed by atoms with Gasteiger partial charge in [-0.1, -0.05) is 18.2 Å². The molecule has 0 saturated carbocycles. The molecule has 2 aromatic heterocycles. The second-order valence-corrected chi connectivity index (χ2v) is 4.34. The minimum absolute atomic E-state index is 0.0817. The molecule has 0 aliphatic heterocycles. The maximum Gasteiger partial charge on any atom is 0.354 e. The lowest BCUT2D eigenvalue weighted by molar-refractivity contribution is 0.0690. The number of rotatable bonds is 3. The smallest absolute Gasteiger partial charge is 0.354 e. The normalized spacial score (nSPS) is 10.5. The van der Waals surface area contributed by atoms with Gasteiger partial charge >= 0.3 is 5.97 Å². The van der Waals surface area contributed by atoms with Crippen LogP contribution < -0.4 is 5.32 Å². The third kappa shape index (κ3) is 2.46. The number of aromatic carboxylic acids is 1. The number of furan rings is 1. The van der Waals surface area contributed by atoms with Crippen LogP contribution in [-0.4, -0.2) is 22.0 Å². The average molecular weight is 282 g/mol. The van der Waals surface area contributed by atoms with E-state index in [1.54, 1.807) is 12.1 Å². The summed E-state index contributed by atoms with van der Waals surface area (Å²) in [5.41, 5.74) is 1.37. The number of hydrogen-bond donors (Lipinski definition) is 2. The molecule has 0 saturated heterocycles. The first-order valence-electron chi connectivity index (χ1n) is 6.12. The van der Waals surface area contributed by atoms with Crippen LogP contribution >= 0.6 is 0 Å². The zero-order valence-corrected chi connectivity index (χ0v) is 10.7. The van der Waals surface area contributed by atoms with Crippen molar-refractivity contribution in [3.8, 4) is 0 Å². The fraction of sp³-hybridized carbons (Fsp3) is 0. The Morgan fingerprint density at radius 1 is 1.14 bits per heavy atom. The van der Waals surface area contributed by atoms with E-state index in [1.165, 1.54) is 24.6 Å². The summed E-state index contributed by atoms with van der Waals surface area (Å²) in [4.78, 5) is 26.6. The highest BCUT2D eigenvalue weighted by Crippen LogP contribution is 2.21. The Bertz CT molecular complexity index is 821. The van der Waals surface area contributed by atoms with Crippen LogP contribution in [0.1, 0.15) is 20.8 Å². The van der Waals surface area contributed by atoms with Gasteiger partial charge in [0.15, 0.2) is 0 Å². The molecule has 0 aliphatic carbocycles. The first kappa shape index (κ1) is 12.9. The molecule has 0 aliphatic rings. The number of carbonyl (C=O) groups excluding carboxylic acids is 1. The molecule has 0 radical (unpaired) electrons. The molecule has 0 unspecified atom stereocenters. The number of anilines is 1. The molecule has 2 heterocycles. The monoisotopic (exact) mass is 282 g/mol. The number of carboxylic acids is 1. The lowest BCUT2D eigenvalue weighted by atomic mass is 10.1. The standard InChI is InChI=1S/C15H10N2O4/c18-14(11-8-21-13-4-2-1-3-10(11)13)17-9-5-6-12(15(19)20)16-7-9/h1-8H,(H,17,18)(H,19,20). The minimum Gasteiger partial charge on any atom is -0.477 e. The van der Waals surface area contributed by atoms with Gasteiger partial charge in [0.25, 0.3) is 5.91 Å². The van der Waals surface area contributed by atoms with Crippen molar-refractivity contribution in [3.63, 3.8) is 0 Å². The Labute approximate surface area is 119 Å². The summed E-state index contributed by atoms with van der Waals surface area (Å²) < 4.78 is 5.30. The van der Waals surface area contributed by atoms with E-state index >= 15 is 0 Å². The number of fused-ring (bicyclic) bond motifs is 1. The highest BCUT2D eigenvalue weighted by molar-refractivity contribution is 6.12. The summed E-state index contributed by atoms with van der Waals surface area (Å²) in [7, 11) is 0. The fourth-order valence-electron chi connectivity index (χ4n) is 1.95. The van der Waals surface area contributed by atoms with Crippen LogP contribution in [0, 0.1) is 0 Å². The van der Waals surface area contributed by atoms with Crippen molar-refractivity contribution in [1.82, 2.24) is 4.98 Å². The Morgan fingerprint density at radius 3 is 2.67 bits per heavy atom. The molecule has 2 N–H and O–H groups in total. The van der Waals surface area contributed by atoms with Crippen LogP contribution in [-0.2, 0) is 0 Å². The maximum atomic E-state index is 12.2. The zero-order valence-electron chi connectivity index (χ0n) is 10.7. The minimum atomic E-state index is -1.12. The molecule has 0 atom stereocenters. The number of hydrogen-bond acceptors (Lipinski definition) is 4. The molecule has 21 heavy (non-hydrogen) atoms. The first-order valence-corrected chi connectivity index (χ1v) is 6.12. The van der Waals surface area contributed by atoms with Crippen molar-refractivity contribution < 1.29 is 19.1 Å². The average Bonchev–Trinajstić information content (AvgIpc) is 2.92. The van der Waals surface area contributed by atoms with E-state index in [9.17, 15) is 9.59 Å². The van der Waals surface area contributed by atoms with Crippen LogP contribution in [0.2, 0.25) is 0 Å². The van der Waals surface area contributed by atoms with Gasteiger partial charge in [0.05, 0.1) is 17.4 Å². The summed E-state index contributed by atoms with van der Waals surface area (Å²) in [6.07, 6.45) is 2.68. The number of nitrogens with zero attached hydrogens (tertiary/aromatic N) is 1. The van der Waals surface area contributed by atoms with Crippen LogP contribution in [0.5, 0.6) is 0 Å². The molecule has 6 heteroatoms. The highest BCUT2D eigenvalue weighted by Gasteiger charge is 2.14.